The molecule has 0 aliphatic heterocycles. The van der Waals surface area contributed by atoms with Crippen LogP contribution in [0.1, 0.15) is 30.1 Å². The lowest BCUT2D eigenvalue weighted by atomic mass is 10.2. The Morgan fingerprint density at radius 2 is 1.68 bits per heavy atom. The smallest absolute Gasteiger partial charge is 0.251 e. The summed E-state index contributed by atoms with van der Waals surface area (Å²) in [4.78, 5) is 16.0. The minimum atomic E-state index is -0.0711. The highest BCUT2D eigenvalue weighted by Gasteiger charge is 2.04. The van der Waals surface area contributed by atoms with Crippen LogP contribution in [0.4, 0.5) is 0 Å². The number of nitrogens with zero attached hydrogens (tertiary/aromatic N) is 1. The van der Waals surface area contributed by atoms with Crippen LogP contribution in [0.5, 0.6) is 0 Å². The molecule has 124 valence electrons. The molecular formula is C15H24BrIN4O. The van der Waals surface area contributed by atoms with Gasteiger partial charge in [0.05, 0.1) is 0 Å². The van der Waals surface area contributed by atoms with Crippen molar-refractivity contribution in [3.8, 4) is 0 Å². The van der Waals surface area contributed by atoms with E-state index >= 15 is 0 Å². The largest absolute Gasteiger partial charge is 0.356 e. The lowest BCUT2D eigenvalue weighted by Gasteiger charge is -2.12. The molecule has 0 heterocycles. The summed E-state index contributed by atoms with van der Waals surface area (Å²) in [5, 5.41) is 9.24. The van der Waals surface area contributed by atoms with Crippen molar-refractivity contribution in [2.75, 3.05) is 26.7 Å². The molecule has 0 saturated carbocycles. The topological polar surface area (TPSA) is 65.5 Å². The van der Waals surface area contributed by atoms with Crippen LogP contribution in [-0.2, 0) is 0 Å². The number of halogens is 2. The van der Waals surface area contributed by atoms with E-state index in [-0.39, 0.29) is 29.9 Å². The number of hydrogen-bond donors (Lipinski definition) is 3. The van der Waals surface area contributed by atoms with Crippen LogP contribution in [0.3, 0.4) is 0 Å². The first-order valence-electron chi connectivity index (χ1n) is 7.15. The van der Waals surface area contributed by atoms with E-state index in [1.165, 1.54) is 0 Å². The summed E-state index contributed by atoms with van der Waals surface area (Å²) >= 11 is 3.35. The molecule has 5 nitrogen and oxygen atoms in total. The Hall–Kier alpha value is -0.830. The zero-order valence-corrected chi connectivity index (χ0v) is 16.9. The molecule has 0 aromatic heterocycles. The predicted octanol–water partition coefficient (Wildman–Crippen LogP) is 2.76. The number of guanidine groups is 1. The molecule has 0 aliphatic rings. The second-order valence-corrected chi connectivity index (χ2v) is 5.46. The third-order valence-corrected chi connectivity index (χ3v) is 3.38. The second-order valence-electron chi connectivity index (χ2n) is 4.54. The molecule has 0 aliphatic carbocycles. The van der Waals surface area contributed by atoms with Gasteiger partial charge in [-0.15, -0.1) is 24.0 Å². The van der Waals surface area contributed by atoms with Crippen LogP contribution in [0, 0.1) is 0 Å². The molecule has 1 amide bonds. The number of amides is 1. The minimum absolute atomic E-state index is 0. The van der Waals surface area contributed by atoms with Crippen LogP contribution in [0.15, 0.2) is 33.7 Å². The Kier molecular flexibility index (Phi) is 12.2. The maximum atomic E-state index is 11.9. The summed E-state index contributed by atoms with van der Waals surface area (Å²) in [7, 11) is 1.74. The number of nitrogens with one attached hydrogen (secondary N) is 3. The fourth-order valence-electron chi connectivity index (χ4n) is 1.66. The molecule has 3 N–H and O–H groups in total. The normalized spacial score (nSPS) is 10.6. The van der Waals surface area contributed by atoms with Crippen molar-refractivity contribution in [2.45, 2.75) is 19.8 Å². The molecule has 0 unspecified atom stereocenters. The van der Waals surface area contributed by atoms with Gasteiger partial charge in [0, 0.05) is 36.7 Å². The molecular weight excluding hydrogens is 459 g/mol. The molecule has 22 heavy (non-hydrogen) atoms. The summed E-state index contributed by atoms with van der Waals surface area (Å²) in [6, 6.07) is 7.29. The van der Waals surface area contributed by atoms with Crippen molar-refractivity contribution < 1.29 is 4.79 Å². The van der Waals surface area contributed by atoms with Crippen LogP contribution in [0.25, 0.3) is 0 Å². The molecule has 1 aromatic rings. The molecule has 0 spiro atoms. The predicted molar refractivity (Wildman–Crippen MR) is 106 cm³/mol. The summed E-state index contributed by atoms with van der Waals surface area (Å²) in [5.74, 6) is 0.694. The maximum Gasteiger partial charge on any atom is 0.251 e. The molecule has 0 fully saturated rings. The van der Waals surface area contributed by atoms with E-state index in [0.29, 0.717) is 18.7 Å². The van der Waals surface area contributed by atoms with E-state index in [2.05, 4.69) is 43.8 Å². The Morgan fingerprint density at radius 1 is 1.09 bits per heavy atom. The number of carbonyl (C=O) groups excluding carboxylic acids is 1. The van der Waals surface area contributed by atoms with Gasteiger partial charge >= 0.3 is 0 Å². The zero-order chi connectivity index (χ0) is 15.5. The maximum absolute atomic E-state index is 11.9. The Balaban J connectivity index is 0.00000441. The van der Waals surface area contributed by atoms with E-state index in [0.717, 1.165) is 29.8 Å². The Bertz CT molecular complexity index is 465. The molecule has 0 bridgehead atoms. The Morgan fingerprint density at radius 3 is 2.27 bits per heavy atom. The van der Waals surface area contributed by atoms with Crippen molar-refractivity contribution >= 4 is 51.8 Å². The van der Waals surface area contributed by atoms with Gasteiger partial charge in [-0.1, -0.05) is 29.3 Å². The lowest BCUT2D eigenvalue weighted by molar-refractivity contribution is 0.0954. The Labute approximate surface area is 157 Å². The monoisotopic (exact) mass is 482 g/mol. The van der Waals surface area contributed by atoms with Crippen LogP contribution in [-0.4, -0.2) is 38.5 Å². The standard InChI is InChI=1S/C15H23BrN4O.HI/c1-3-4-9-19-15(17-2)20-11-10-18-14(21)12-5-7-13(16)8-6-12;/h5-8H,3-4,9-11H2,1-2H3,(H,18,21)(H2,17,19,20);1H. The van der Waals surface area contributed by atoms with E-state index in [1.54, 1.807) is 19.2 Å². The lowest BCUT2D eigenvalue weighted by Crippen LogP contribution is -2.41. The number of aliphatic imine (C=N–C) groups is 1. The van der Waals surface area contributed by atoms with E-state index in [9.17, 15) is 4.79 Å². The van der Waals surface area contributed by atoms with Crippen molar-refractivity contribution in [2.24, 2.45) is 4.99 Å². The third-order valence-electron chi connectivity index (χ3n) is 2.86. The van der Waals surface area contributed by atoms with E-state index in [4.69, 9.17) is 0 Å². The minimum Gasteiger partial charge on any atom is -0.356 e. The molecule has 0 saturated heterocycles. The number of rotatable bonds is 7. The molecule has 0 radical (unpaired) electrons. The molecule has 7 heteroatoms. The van der Waals surface area contributed by atoms with Crippen LogP contribution in [0.2, 0.25) is 0 Å². The zero-order valence-electron chi connectivity index (χ0n) is 13.0. The summed E-state index contributed by atoms with van der Waals surface area (Å²) in [6.07, 6.45) is 2.26. The van der Waals surface area contributed by atoms with Gasteiger partial charge in [0.15, 0.2) is 5.96 Å². The summed E-state index contributed by atoms with van der Waals surface area (Å²) in [6.45, 7) is 4.23. The van der Waals surface area contributed by atoms with Gasteiger partial charge in [-0.3, -0.25) is 9.79 Å². The highest BCUT2D eigenvalue weighted by Crippen LogP contribution is 2.10. The average Bonchev–Trinajstić information content (AvgIpc) is 2.50. The first-order valence-corrected chi connectivity index (χ1v) is 7.95. The first-order chi connectivity index (χ1) is 10.2. The van der Waals surface area contributed by atoms with E-state index in [1.807, 2.05) is 12.1 Å². The number of hydrogen-bond acceptors (Lipinski definition) is 2. The second kappa shape index (κ2) is 12.7. The van der Waals surface area contributed by atoms with Gasteiger partial charge in [0.25, 0.3) is 5.91 Å². The van der Waals surface area contributed by atoms with Crippen LogP contribution >= 0.6 is 39.9 Å². The molecule has 1 aromatic carbocycles. The highest BCUT2D eigenvalue weighted by atomic mass is 127. The van der Waals surface area contributed by atoms with Crippen LogP contribution < -0.4 is 16.0 Å². The number of carbonyl (C=O) groups is 1. The summed E-state index contributed by atoms with van der Waals surface area (Å²) in [5.41, 5.74) is 0.656. The van der Waals surface area contributed by atoms with Gasteiger partial charge in [0.2, 0.25) is 0 Å². The van der Waals surface area contributed by atoms with Crippen molar-refractivity contribution in [3.05, 3.63) is 34.3 Å². The van der Waals surface area contributed by atoms with E-state index < -0.39 is 0 Å². The number of benzene rings is 1. The first kappa shape index (κ1) is 21.2. The van der Waals surface area contributed by atoms with Gasteiger partial charge in [-0.05, 0) is 30.7 Å². The van der Waals surface area contributed by atoms with Gasteiger partial charge in [-0.25, -0.2) is 0 Å². The number of unbranched alkanes of at least 4 members (excludes halogenated alkanes) is 1. The molecule has 0 atom stereocenters. The van der Waals surface area contributed by atoms with Crippen molar-refractivity contribution in [3.63, 3.8) is 0 Å². The fourth-order valence-corrected chi connectivity index (χ4v) is 1.93. The summed E-state index contributed by atoms with van der Waals surface area (Å²) < 4.78 is 0.961. The van der Waals surface area contributed by atoms with Crippen molar-refractivity contribution in [1.82, 2.24) is 16.0 Å². The van der Waals surface area contributed by atoms with Gasteiger partial charge < -0.3 is 16.0 Å². The third kappa shape index (κ3) is 8.57. The van der Waals surface area contributed by atoms with Gasteiger partial charge in [-0.2, -0.15) is 0 Å². The van der Waals surface area contributed by atoms with Crippen molar-refractivity contribution in [1.29, 1.82) is 0 Å². The highest BCUT2D eigenvalue weighted by molar-refractivity contribution is 14.0. The quantitative estimate of drug-likeness (QED) is 0.242. The fraction of sp³-hybridized carbons (Fsp3) is 0.467. The SMILES string of the molecule is CCCCNC(=NC)NCCNC(=O)c1ccc(Br)cc1.I. The average molecular weight is 483 g/mol. The van der Waals surface area contributed by atoms with Gasteiger partial charge in [0.1, 0.15) is 0 Å². The molecule has 1 rings (SSSR count).